The second-order valence-electron chi connectivity index (χ2n) is 8.99. The molecule has 0 saturated heterocycles. The first-order valence-corrected chi connectivity index (χ1v) is 14.0. The Kier molecular flexibility index (Phi) is 17.2. The Morgan fingerprint density at radius 1 is 1.11 bits per heavy atom. The highest BCUT2D eigenvalue weighted by Crippen LogP contribution is 2.42. The van der Waals surface area contributed by atoms with Crippen molar-refractivity contribution >= 4 is 56.9 Å². The van der Waals surface area contributed by atoms with Gasteiger partial charge in [-0.2, -0.15) is 5.26 Å². The fourth-order valence-corrected chi connectivity index (χ4v) is 6.38. The third-order valence-corrected chi connectivity index (χ3v) is 8.02. The second kappa shape index (κ2) is 18.3. The van der Waals surface area contributed by atoms with Crippen molar-refractivity contribution in [3.05, 3.63) is 0 Å². The number of aliphatic hydroxyl groups is 1. The van der Waals surface area contributed by atoms with Crippen molar-refractivity contribution in [2.75, 3.05) is 18.8 Å². The summed E-state index contributed by atoms with van der Waals surface area (Å²) < 4.78 is -0.610. The van der Waals surface area contributed by atoms with E-state index < -0.39 is 16.3 Å². The molecule has 10 heteroatoms. The first-order chi connectivity index (χ1) is 16.9. The fraction of sp³-hybridized carbons (Fsp3) is 0.654. The van der Waals surface area contributed by atoms with Crippen LogP contribution in [0.15, 0.2) is 0 Å². The van der Waals surface area contributed by atoms with Gasteiger partial charge < -0.3 is 15.7 Å². The number of ketones is 1. The van der Waals surface area contributed by atoms with Crippen molar-refractivity contribution in [1.29, 1.82) is 5.26 Å². The number of unbranched alkanes of at least 4 members (excludes halogenated alkanes) is 1. The number of terminal acetylenes is 2. The van der Waals surface area contributed by atoms with Gasteiger partial charge in [-0.1, -0.05) is 24.0 Å². The number of carbonyl (C=O) groups is 3. The molecule has 0 radical (unpaired) electrons. The summed E-state index contributed by atoms with van der Waals surface area (Å²) in [5.41, 5.74) is -0.956. The number of thioether (sulfide) groups is 2. The van der Waals surface area contributed by atoms with Gasteiger partial charge in [-0.15, -0.1) is 36.4 Å². The van der Waals surface area contributed by atoms with Gasteiger partial charge in [0.1, 0.15) is 9.31 Å². The monoisotopic (exact) mass is 551 g/mol. The molecule has 0 aromatic carbocycles. The number of nitriles is 1. The summed E-state index contributed by atoms with van der Waals surface area (Å²) in [4.78, 5) is 37.0. The lowest BCUT2D eigenvalue weighted by atomic mass is 9.77. The molecule has 7 nitrogen and oxygen atoms in total. The van der Waals surface area contributed by atoms with E-state index in [1.165, 1.54) is 23.5 Å². The highest BCUT2D eigenvalue weighted by Gasteiger charge is 2.42. The van der Waals surface area contributed by atoms with Crippen LogP contribution in [0.1, 0.15) is 72.1 Å². The molecule has 0 spiro atoms. The van der Waals surface area contributed by atoms with E-state index >= 15 is 0 Å². The highest BCUT2D eigenvalue weighted by molar-refractivity contribution is 8.47. The number of carbonyl (C=O) groups excluding carboxylic acids is 3. The molecule has 0 rings (SSSR count). The smallest absolute Gasteiger partial charge is 0.236 e. The van der Waals surface area contributed by atoms with Gasteiger partial charge in [0.05, 0.1) is 22.3 Å². The topological polar surface area (TPSA) is 119 Å². The maximum atomic E-state index is 13.1. The maximum Gasteiger partial charge on any atom is 0.236 e. The molecule has 0 aromatic rings. The quantitative estimate of drug-likeness (QED) is 0.143. The van der Waals surface area contributed by atoms with Gasteiger partial charge in [-0.05, 0) is 40.0 Å². The van der Waals surface area contributed by atoms with Crippen LogP contribution < -0.4 is 10.6 Å². The van der Waals surface area contributed by atoms with Gasteiger partial charge in [0.2, 0.25) is 11.8 Å². The largest absolute Gasteiger partial charge is 0.392 e. The number of thiocarbonyl (C=S) groups is 1. The molecule has 36 heavy (non-hydrogen) atoms. The maximum absolute atomic E-state index is 13.1. The minimum Gasteiger partial charge on any atom is -0.392 e. The van der Waals surface area contributed by atoms with E-state index in [0.29, 0.717) is 47.9 Å². The summed E-state index contributed by atoms with van der Waals surface area (Å²) in [6.45, 7) is 5.49. The number of nitrogens with one attached hydrogen (secondary N) is 2. The van der Waals surface area contributed by atoms with Crippen LogP contribution >= 0.6 is 35.7 Å². The molecule has 0 aliphatic rings. The normalized spacial score (nSPS) is 14.6. The number of aliphatic hydroxyl groups excluding tert-OH is 1. The first-order valence-electron chi connectivity index (χ1n) is 11.8. The van der Waals surface area contributed by atoms with E-state index in [2.05, 4.69) is 28.5 Å². The number of rotatable bonds is 17. The number of hydrogen-bond acceptors (Lipinski definition) is 8. The Bertz CT molecular complexity index is 888. The SMILES string of the molecule is C#CCCCC(=O)NCCSC(=S)SC(C)(CC(C)(C#N)CCC(=O)CCC#C)C(=O)NCC(C)O. The van der Waals surface area contributed by atoms with E-state index in [0.717, 1.165) is 0 Å². The van der Waals surface area contributed by atoms with Crippen molar-refractivity contribution in [3.8, 4) is 30.8 Å². The summed E-state index contributed by atoms with van der Waals surface area (Å²) in [6.07, 6.45) is 12.5. The summed E-state index contributed by atoms with van der Waals surface area (Å²) in [7, 11) is 0. The summed E-state index contributed by atoms with van der Waals surface area (Å²) in [5, 5.41) is 25.0. The molecule has 0 fully saturated rings. The van der Waals surface area contributed by atoms with E-state index in [9.17, 15) is 24.8 Å². The lowest BCUT2D eigenvalue weighted by Gasteiger charge is -2.34. The molecule has 198 valence electrons. The van der Waals surface area contributed by atoms with E-state index in [1.807, 2.05) is 0 Å². The van der Waals surface area contributed by atoms with Crippen LogP contribution in [0.25, 0.3) is 0 Å². The zero-order valence-electron chi connectivity index (χ0n) is 21.4. The van der Waals surface area contributed by atoms with Crippen LogP contribution in [-0.2, 0) is 14.4 Å². The zero-order chi connectivity index (χ0) is 27.6. The van der Waals surface area contributed by atoms with Crippen molar-refractivity contribution in [1.82, 2.24) is 10.6 Å². The van der Waals surface area contributed by atoms with Gasteiger partial charge >= 0.3 is 0 Å². The number of Topliss-reactive ketones (excluding diaryl/α,β-unsaturated/α-hetero) is 1. The predicted octanol–water partition coefficient (Wildman–Crippen LogP) is 3.60. The fourth-order valence-electron chi connectivity index (χ4n) is 3.25. The third-order valence-electron chi connectivity index (χ3n) is 5.22. The first kappa shape index (κ1) is 34.0. The van der Waals surface area contributed by atoms with Crippen LogP contribution in [0.4, 0.5) is 0 Å². The number of hydrogen-bond donors (Lipinski definition) is 3. The molecule has 0 aliphatic carbocycles. The second-order valence-corrected chi connectivity index (χ2v) is 12.8. The molecule has 0 heterocycles. The molecule has 3 unspecified atom stereocenters. The van der Waals surface area contributed by atoms with Gasteiger partial charge in [0.15, 0.2) is 0 Å². The zero-order valence-corrected chi connectivity index (χ0v) is 23.8. The van der Waals surface area contributed by atoms with E-state index in [4.69, 9.17) is 25.1 Å². The summed E-state index contributed by atoms with van der Waals surface area (Å²) in [5.74, 6) is 5.02. The van der Waals surface area contributed by atoms with Crippen LogP contribution in [0.5, 0.6) is 0 Å². The van der Waals surface area contributed by atoms with Gasteiger partial charge in [0.25, 0.3) is 0 Å². The molecule has 0 aromatic heterocycles. The molecule has 3 N–H and O–H groups in total. The summed E-state index contributed by atoms with van der Waals surface area (Å²) >= 11 is 8.02. The van der Waals surface area contributed by atoms with Gasteiger partial charge in [-0.25, -0.2) is 0 Å². The average Bonchev–Trinajstić information content (AvgIpc) is 2.82. The number of amides is 2. The van der Waals surface area contributed by atoms with Crippen molar-refractivity contribution in [2.45, 2.75) is 83.0 Å². The lowest BCUT2D eigenvalue weighted by Crippen LogP contribution is -2.47. The van der Waals surface area contributed by atoms with Gasteiger partial charge in [0, 0.05) is 50.9 Å². The Labute approximate surface area is 229 Å². The van der Waals surface area contributed by atoms with Crippen molar-refractivity contribution in [3.63, 3.8) is 0 Å². The lowest BCUT2D eigenvalue weighted by molar-refractivity contribution is -0.124. The molecule has 0 bridgehead atoms. The van der Waals surface area contributed by atoms with Crippen LogP contribution in [0.3, 0.4) is 0 Å². The Morgan fingerprint density at radius 3 is 2.36 bits per heavy atom. The van der Waals surface area contributed by atoms with E-state index in [-0.39, 0.29) is 43.4 Å². The summed E-state index contributed by atoms with van der Waals surface area (Å²) in [6, 6.07) is 2.28. The minimum absolute atomic E-state index is 0.0187. The molecule has 0 saturated carbocycles. The van der Waals surface area contributed by atoms with Crippen LogP contribution in [0.2, 0.25) is 0 Å². The molecule has 3 atom stereocenters. The molecular formula is C26H37N3O4S3. The van der Waals surface area contributed by atoms with Crippen LogP contribution in [-0.4, -0.2) is 55.9 Å². The van der Waals surface area contributed by atoms with Crippen molar-refractivity contribution < 1.29 is 19.5 Å². The van der Waals surface area contributed by atoms with Crippen molar-refractivity contribution in [2.24, 2.45) is 5.41 Å². The average molecular weight is 552 g/mol. The standard InChI is InChI=1S/C26H37N3O4S3/c1-6-8-10-12-22(32)28-15-16-35-24(34)36-26(5,23(33)29-17-20(3)30)18-25(4,19-27)14-13-21(31)11-9-7-2/h1-2,20,30H,8-18H2,3-5H3,(H,28,32)(H,29,33). The Hall–Kier alpha value is -2.03. The molecule has 0 aliphatic heterocycles. The Morgan fingerprint density at radius 2 is 1.78 bits per heavy atom. The Balaban J connectivity index is 5.19. The van der Waals surface area contributed by atoms with E-state index in [1.54, 1.807) is 20.8 Å². The highest BCUT2D eigenvalue weighted by atomic mass is 32.2. The number of nitrogens with zero attached hydrogens (tertiary/aromatic N) is 1. The van der Waals surface area contributed by atoms with Gasteiger partial charge in [-0.3, -0.25) is 14.4 Å². The predicted molar refractivity (Wildman–Crippen MR) is 152 cm³/mol. The molecular weight excluding hydrogens is 515 g/mol. The van der Waals surface area contributed by atoms with Crippen LogP contribution in [0, 0.1) is 41.4 Å². The molecule has 2 amide bonds. The third kappa shape index (κ3) is 15.2. The minimum atomic E-state index is -1.11.